The summed E-state index contributed by atoms with van der Waals surface area (Å²) in [5.74, 6) is 0. The zero-order valence-electron chi connectivity index (χ0n) is 28.2. The molecule has 0 unspecified atom stereocenters. The molecule has 0 atom stereocenters. The molecule has 0 saturated heterocycles. The lowest BCUT2D eigenvalue weighted by Crippen LogP contribution is -1.96. The second-order valence-corrected chi connectivity index (χ2v) is 13.2. The molecule has 0 fully saturated rings. The van der Waals surface area contributed by atoms with E-state index in [9.17, 15) is 0 Å². The summed E-state index contributed by atoms with van der Waals surface area (Å²) in [6, 6.07) is 55.6. The molecule has 2 N–H and O–H groups in total. The highest BCUT2D eigenvalue weighted by Crippen LogP contribution is 2.40. The smallest absolute Gasteiger partial charge is 0.0619 e. The number of allylic oxidation sites excluding steroid dienone is 3. The minimum absolute atomic E-state index is 0.768. The SMILES string of the molecule is C/C=C\C=C(/N)c1cccc2cc(-c3ccc4c(ccc5c6ccc(-c7ccc8c(C)cccc8c7)cc6n(-c6ccccc6)c45)c3)ccc12. The number of fused-ring (bicyclic) bond motifs is 7. The number of hydrogen-bond donors (Lipinski definition) is 1. The maximum absolute atomic E-state index is 6.46. The van der Waals surface area contributed by atoms with Gasteiger partial charge in [-0.15, -0.1) is 0 Å². The average molecular weight is 641 g/mol. The van der Waals surface area contributed by atoms with Crippen molar-refractivity contribution in [1.29, 1.82) is 0 Å². The average Bonchev–Trinajstić information content (AvgIpc) is 3.50. The second-order valence-electron chi connectivity index (χ2n) is 13.2. The number of para-hydroxylation sites is 1. The molecule has 1 aromatic heterocycles. The van der Waals surface area contributed by atoms with Crippen molar-refractivity contribution in [3.05, 3.63) is 181 Å². The normalized spacial score (nSPS) is 12.3. The van der Waals surface area contributed by atoms with Gasteiger partial charge in [-0.05, 0) is 111 Å². The van der Waals surface area contributed by atoms with Gasteiger partial charge < -0.3 is 10.3 Å². The minimum Gasteiger partial charge on any atom is -0.398 e. The largest absolute Gasteiger partial charge is 0.398 e. The number of aryl methyl sites for hydroxylation is 1. The Balaban J connectivity index is 1.21. The van der Waals surface area contributed by atoms with Crippen molar-refractivity contribution in [2.75, 3.05) is 0 Å². The third-order valence-corrected chi connectivity index (χ3v) is 10.2. The minimum atomic E-state index is 0.768. The second kappa shape index (κ2) is 11.9. The van der Waals surface area contributed by atoms with Gasteiger partial charge in [-0.3, -0.25) is 0 Å². The quantitative estimate of drug-likeness (QED) is 0.186. The van der Waals surface area contributed by atoms with Gasteiger partial charge >= 0.3 is 0 Å². The highest BCUT2D eigenvalue weighted by Gasteiger charge is 2.17. The first kappa shape index (κ1) is 29.7. The van der Waals surface area contributed by atoms with E-state index in [2.05, 4.69) is 163 Å². The van der Waals surface area contributed by atoms with Crippen LogP contribution in [0.3, 0.4) is 0 Å². The molecule has 2 nitrogen and oxygen atoms in total. The fraction of sp³-hybridized carbons (Fsp3) is 0.0417. The number of nitrogens with two attached hydrogens (primary N) is 1. The van der Waals surface area contributed by atoms with Crippen molar-refractivity contribution >= 4 is 59.8 Å². The fourth-order valence-electron chi connectivity index (χ4n) is 7.67. The molecule has 0 saturated carbocycles. The van der Waals surface area contributed by atoms with Crippen molar-refractivity contribution in [3.63, 3.8) is 0 Å². The van der Waals surface area contributed by atoms with Gasteiger partial charge in [0.15, 0.2) is 0 Å². The number of aromatic nitrogens is 1. The highest BCUT2D eigenvalue weighted by atomic mass is 15.0. The summed E-state index contributed by atoms with van der Waals surface area (Å²) >= 11 is 0. The van der Waals surface area contributed by atoms with E-state index in [4.69, 9.17) is 5.73 Å². The number of benzene rings is 8. The Morgan fingerprint density at radius 2 is 1.10 bits per heavy atom. The van der Waals surface area contributed by atoms with Crippen LogP contribution < -0.4 is 5.73 Å². The maximum Gasteiger partial charge on any atom is 0.0619 e. The third-order valence-electron chi connectivity index (χ3n) is 10.2. The Kier molecular flexibility index (Phi) is 7.10. The molecule has 50 heavy (non-hydrogen) atoms. The van der Waals surface area contributed by atoms with Crippen LogP contribution in [0.15, 0.2) is 170 Å². The Bertz CT molecular complexity index is 2830. The van der Waals surface area contributed by atoms with E-state index in [-0.39, 0.29) is 0 Å². The molecule has 9 rings (SSSR count). The van der Waals surface area contributed by atoms with E-state index >= 15 is 0 Å². The van der Waals surface area contributed by atoms with Gasteiger partial charge in [0.05, 0.1) is 11.0 Å². The fourth-order valence-corrected chi connectivity index (χ4v) is 7.67. The first-order valence-corrected chi connectivity index (χ1v) is 17.3. The van der Waals surface area contributed by atoms with E-state index in [0.717, 1.165) is 22.3 Å². The van der Waals surface area contributed by atoms with Crippen molar-refractivity contribution in [1.82, 2.24) is 4.57 Å². The van der Waals surface area contributed by atoms with E-state index in [1.54, 1.807) is 0 Å². The molecule has 238 valence electrons. The van der Waals surface area contributed by atoms with E-state index < -0.39 is 0 Å². The molecule has 0 aliphatic heterocycles. The molecule has 0 bridgehead atoms. The van der Waals surface area contributed by atoms with Gasteiger partial charge in [-0.25, -0.2) is 0 Å². The summed E-state index contributed by atoms with van der Waals surface area (Å²) in [5.41, 5.74) is 18.0. The molecular weight excluding hydrogens is 605 g/mol. The molecule has 0 amide bonds. The third kappa shape index (κ3) is 4.88. The van der Waals surface area contributed by atoms with Crippen LogP contribution in [-0.2, 0) is 0 Å². The van der Waals surface area contributed by atoms with E-state index in [0.29, 0.717) is 0 Å². The summed E-state index contributed by atoms with van der Waals surface area (Å²) in [5, 5.41) is 9.86. The van der Waals surface area contributed by atoms with Crippen molar-refractivity contribution in [3.8, 4) is 27.9 Å². The molecule has 1 heterocycles. The molecular formula is C48H36N2. The van der Waals surface area contributed by atoms with Gasteiger partial charge in [0.25, 0.3) is 0 Å². The van der Waals surface area contributed by atoms with Gasteiger partial charge in [-0.1, -0.05) is 127 Å². The van der Waals surface area contributed by atoms with Crippen LogP contribution in [0.1, 0.15) is 18.1 Å². The van der Waals surface area contributed by atoms with Gasteiger partial charge in [0.2, 0.25) is 0 Å². The summed E-state index contributed by atoms with van der Waals surface area (Å²) in [7, 11) is 0. The van der Waals surface area contributed by atoms with Crippen LogP contribution >= 0.6 is 0 Å². The van der Waals surface area contributed by atoms with E-state index in [1.165, 1.54) is 76.6 Å². The van der Waals surface area contributed by atoms with Crippen LogP contribution in [0.5, 0.6) is 0 Å². The standard InChI is InChI=1S/C48H36N2/c1-3-4-16-46(49)43-15-9-12-37-28-32(18-23-41(37)43)33-19-24-42-38(29-33)21-26-45-44-25-20-35(34-17-22-40-31(2)10-8-11-36(40)27-34)30-47(44)50(48(42)45)39-13-6-5-7-14-39/h3-30H,49H2,1-2H3/b4-3-,46-16-. The van der Waals surface area contributed by atoms with Crippen LogP contribution in [0.25, 0.3) is 87.8 Å². The summed E-state index contributed by atoms with van der Waals surface area (Å²) < 4.78 is 2.45. The zero-order chi connectivity index (χ0) is 33.8. The molecule has 0 aliphatic carbocycles. The lowest BCUT2D eigenvalue weighted by Gasteiger charge is -2.12. The van der Waals surface area contributed by atoms with Crippen molar-refractivity contribution in [2.45, 2.75) is 13.8 Å². The Hall–Kier alpha value is -6.38. The summed E-state index contributed by atoms with van der Waals surface area (Å²) in [6.45, 7) is 4.18. The molecule has 0 aliphatic rings. The van der Waals surface area contributed by atoms with Crippen LogP contribution in [0.2, 0.25) is 0 Å². The van der Waals surface area contributed by atoms with E-state index in [1.807, 2.05) is 25.2 Å². The van der Waals surface area contributed by atoms with Crippen molar-refractivity contribution < 1.29 is 0 Å². The van der Waals surface area contributed by atoms with Gasteiger partial charge in [0, 0.05) is 33.1 Å². The number of hydrogen-bond acceptors (Lipinski definition) is 1. The monoisotopic (exact) mass is 640 g/mol. The number of rotatable bonds is 5. The molecule has 2 heteroatoms. The summed E-state index contributed by atoms with van der Waals surface area (Å²) in [4.78, 5) is 0. The first-order chi connectivity index (χ1) is 24.6. The predicted octanol–water partition coefficient (Wildman–Crippen LogP) is 12.8. The zero-order valence-corrected chi connectivity index (χ0v) is 28.2. The lowest BCUT2D eigenvalue weighted by molar-refractivity contribution is 1.19. The Labute approximate surface area is 292 Å². The Morgan fingerprint density at radius 3 is 1.82 bits per heavy atom. The number of nitrogens with zero attached hydrogens (tertiary/aromatic N) is 1. The van der Waals surface area contributed by atoms with Crippen LogP contribution in [-0.4, -0.2) is 4.57 Å². The topological polar surface area (TPSA) is 30.9 Å². The summed E-state index contributed by atoms with van der Waals surface area (Å²) in [6.07, 6.45) is 5.94. The molecule has 0 spiro atoms. The highest BCUT2D eigenvalue weighted by molar-refractivity contribution is 6.19. The van der Waals surface area contributed by atoms with Crippen LogP contribution in [0, 0.1) is 6.92 Å². The van der Waals surface area contributed by atoms with Crippen molar-refractivity contribution in [2.24, 2.45) is 5.73 Å². The van der Waals surface area contributed by atoms with Gasteiger partial charge in [-0.2, -0.15) is 0 Å². The molecule has 9 aromatic rings. The maximum atomic E-state index is 6.46. The first-order valence-electron chi connectivity index (χ1n) is 17.3. The lowest BCUT2D eigenvalue weighted by atomic mass is 9.95. The molecule has 8 aromatic carbocycles. The molecule has 0 radical (unpaired) electrons. The van der Waals surface area contributed by atoms with Crippen LogP contribution in [0.4, 0.5) is 0 Å². The van der Waals surface area contributed by atoms with Gasteiger partial charge in [0.1, 0.15) is 0 Å². The predicted molar refractivity (Wildman–Crippen MR) is 216 cm³/mol. The Morgan fingerprint density at radius 1 is 0.520 bits per heavy atom.